The van der Waals surface area contributed by atoms with Gasteiger partial charge in [-0.15, -0.1) is 0 Å². The molecule has 2 amide bonds. The van der Waals surface area contributed by atoms with Gasteiger partial charge in [-0.2, -0.15) is 0 Å². The first kappa shape index (κ1) is 12.6. The van der Waals surface area contributed by atoms with Gasteiger partial charge in [0.2, 0.25) is 0 Å². The van der Waals surface area contributed by atoms with Crippen molar-refractivity contribution in [2.24, 2.45) is 5.73 Å². The predicted octanol–water partition coefficient (Wildman–Crippen LogP) is 2.25. The zero-order valence-corrected chi connectivity index (χ0v) is 11.7. The van der Waals surface area contributed by atoms with Crippen molar-refractivity contribution in [3.05, 3.63) is 27.8 Å². The first-order chi connectivity index (χ1) is 8.15. The summed E-state index contributed by atoms with van der Waals surface area (Å²) >= 11 is 2.24. The van der Waals surface area contributed by atoms with E-state index in [1.165, 1.54) is 0 Å². The van der Waals surface area contributed by atoms with Crippen LogP contribution in [-0.4, -0.2) is 30.1 Å². The largest absolute Gasteiger partial charge is 0.326 e. The fraction of sp³-hybridized carbons (Fsp3) is 0.417. The van der Waals surface area contributed by atoms with Gasteiger partial charge in [0, 0.05) is 28.4 Å². The molecule has 1 aliphatic heterocycles. The molecule has 0 spiro atoms. The minimum atomic E-state index is -0.0543. The van der Waals surface area contributed by atoms with Gasteiger partial charge in [0.1, 0.15) is 0 Å². The first-order valence-corrected chi connectivity index (χ1v) is 6.80. The zero-order valence-electron chi connectivity index (χ0n) is 9.53. The quantitative estimate of drug-likeness (QED) is 0.767. The molecule has 5 heteroatoms. The second-order valence-electron chi connectivity index (χ2n) is 4.29. The van der Waals surface area contributed by atoms with Crippen molar-refractivity contribution in [3.63, 3.8) is 0 Å². The Hall–Kier alpha value is -0.820. The average molecular weight is 345 g/mol. The third-order valence-electron chi connectivity index (χ3n) is 2.84. The Morgan fingerprint density at radius 3 is 2.76 bits per heavy atom. The summed E-state index contributed by atoms with van der Waals surface area (Å²) in [6, 6.07) is 7.82. The van der Waals surface area contributed by atoms with Crippen molar-refractivity contribution >= 4 is 34.3 Å². The normalized spacial score (nSPS) is 20.1. The number of hydrogen-bond donors (Lipinski definition) is 2. The van der Waals surface area contributed by atoms with Crippen LogP contribution in [0.5, 0.6) is 0 Å². The predicted molar refractivity (Wildman–Crippen MR) is 77.0 cm³/mol. The molecule has 0 bridgehead atoms. The smallest absolute Gasteiger partial charge is 0.321 e. The van der Waals surface area contributed by atoms with E-state index in [4.69, 9.17) is 5.73 Å². The number of likely N-dealkylation sites (tertiary alicyclic amines) is 1. The van der Waals surface area contributed by atoms with Gasteiger partial charge in [0.25, 0.3) is 0 Å². The topological polar surface area (TPSA) is 58.4 Å². The molecule has 1 aromatic rings. The Labute approximate surface area is 115 Å². The molecule has 3 N–H and O–H groups in total. The summed E-state index contributed by atoms with van der Waals surface area (Å²) in [5.74, 6) is 0. The van der Waals surface area contributed by atoms with E-state index in [0.717, 1.165) is 28.6 Å². The molecule has 0 saturated carbocycles. The first-order valence-electron chi connectivity index (χ1n) is 5.72. The van der Waals surface area contributed by atoms with Gasteiger partial charge in [-0.1, -0.05) is 0 Å². The third kappa shape index (κ3) is 3.57. The molecule has 2 rings (SSSR count). The van der Waals surface area contributed by atoms with Gasteiger partial charge in [-0.05, 0) is 59.7 Å². The van der Waals surface area contributed by atoms with E-state index >= 15 is 0 Å². The number of nitrogens with zero attached hydrogens (tertiary/aromatic N) is 1. The highest BCUT2D eigenvalue weighted by atomic mass is 127. The number of benzene rings is 1. The zero-order chi connectivity index (χ0) is 12.3. The molecule has 1 atom stereocenters. The lowest BCUT2D eigenvalue weighted by Gasteiger charge is -2.30. The van der Waals surface area contributed by atoms with Gasteiger partial charge in [-0.25, -0.2) is 4.79 Å². The molecule has 4 nitrogen and oxygen atoms in total. The number of halogens is 1. The summed E-state index contributed by atoms with van der Waals surface area (Å²) in [6.45, 7) is 1.44. The molecule has 1 aromatic carbocycles. The highest BCUT2D eigenvalue weighted by Crippen LogP contribution is 2.14. The number of carbonyl (C=O) groups is 1. The maximum Gasteiger partial charge on any atom is 0.321 e. The molecule has 0 aromatic heterocycles. The number of anilines is 1. The van der Waals surface area contributed by atoms with Crippen LogP contribution in [0.3, 0.4) is 0 Å². The monoisotopic (exact) mass is 345 g/mol. The fourth-order valence-corrected chi connectivity index (χ4v) is 2.29. The molecule has 1 heterocycles. The van der Waals surface area contributed by atoms with Gasteiger partial charge in [0.05, 0.1) is 0 Å². The summed E-state index contributed by atoms with van der Waals surface area (Å²) in [7, 11) is 0. The average Bonchev–Trinajstić information content (AvgIpc) is 2.32. The molecule has 1 fully saturated rings. The van der Waals surface area contributed by atoms with Crippen molar-refractivity contribution in [1.82, 2.24) is 4.90 Å². The number of piperidine rings is 1. The van der Waals surface area contributed by atoms with E-state index in [1.807, 2.05) is 24.3 Å². The number of nitrogens with one attached hydrogen (secondary N) is 1. The lowest BCUT2D eigenvalue weighted by atomic mass is 10.1. The standard InChI is InChI=1S/C12H16IN3O/c13-9-3-5-11(6-4-9)15-12(17)16-7-1-2-10(14)8-16/h3-6,10H,1-2,7-8,14H2,(H,15,17)/t10-/m0/s1. The Morgan fingerprint density at radius 2 is 2.12 bits per heavy atom. The number of nitrogens with two attached hydrogens (primary N) is 1. The van der Waals surface area contributed by atoms with Crippen LogP contribution >= 0.6 is 22.6 Å². The van der Waals surface area contributed by atoms with Crippen molar-refractivity contribution in [2.45, 2.75) is 18.9 Å². The van der Waals surface area contributed by atoms with E-state index in [1.54, 1.807) is 4.90 Å². The molecule has 1 saturated heterocycles. The van der Waals surface area contributed by atoms with Crippen LogP contribution in [0, 0.1) is 3.57 Å². The minimum absolute atomic E-state index is 0.0543. The van der Waals surface area contributed by atoms with Gasteiger partial charge in [-0.3, -0.25) is 0 Å². The van der Waals surface area contributed by atoms with Crippen LogP contribution < -0.4 is 11.1 Å². The van der Waals surface area contributed by atoms with E-state index in [-0.39, 0.29) is 12.1 Å². The van der Waals surface area contributed by atoms with E-state index in [2.05, 4.69) is 27.9 Å². The minimum Gasteiger partial charge on any atom is -0.326 e. The van der Waals surface area contributed by atoms with Gasteiger partial charge in [0.15, 0.2) is 0 Å². The fourth-order valence-electron chi connectivity index (χ4n) is 1.93. The second-order valence-corrected chi connectivity index (χ2v) is 5.53. The van der Waals surface area contributed by atoms with Crippen LogP contribution in [0.1, 0.15) is 12.8 Å². The molecule has 1 aliphatic rings. The molecule has 92 valence electrons. The Kier molecular flexibility index (Phi) is 4.22. The summed E-state index contributed by atoms with van der Waals surface area (Å²) in [5, 5.41) is 2.89. The number of rotatable bonds is 1. The number of hydrogen-bond acceptors (Lipinski definition) is 2. The van der Waals surface area contributed by atoms with Crippen molar-refractivity contribution in [2.75, 3.05) is 18.4 Å². The molecule has 0 aliphatic carbocycles. The van der Waals surface area contributed by atoms with E-state index in [0.29, 0.717) is 6.54 Å². The van der Waals surface area contributed by atoms with E-state index in [9.17, 15) is 4.79 Å². The van der Waals surface area contributed by atoms with Gasteiger partial charge >= 0.3 is 6.03 Å². The summed E-state index contributed by atoms with van der Waals surface area (Å²) in [4.78, 5) is 13.7. The van der Waals surface area contributed by atoms with Crippen molar-refractivity contribution in [3.8, 4) is 0 Å². The van der Waals surface area contributed by atoms with Crippen LogP contribution in [0.4, 0.5) is 10.5 Å². The SMILES string of the molecule is N[C@H]1CCCN(C(=O)Nc2ccc(I)cc2)C1. The number of urea groups is 1. The summed E-state index contributed by atoms with van der Waals surface area (Å²) in [5.41, 5.74) is 6.68. The van der Waals surface area contributed by atoms with E-state index < -0.39 is 0 Å². The number of amides is 2. The second kappa shape index (κ2) is 5.68. The Morgan fingerprint density at radius 1 is 1.41 bits per heavy atom. The maximum atomic E-state index is 12.0. The van der Waals surface area contributed by atoms with Crippen molar-refractivity contribution < 1.29 is 4.79 Å². The Balaban J connectivity index is 1.94. The summed E-state index contributed by atoms with van der Waals surface area (Å²) < 4.78 is 1.15. The van der Waals surface area contributed by atoms with Crippen LogP contribution in [0.25, 0.3) is 0 Å². The molecule has 0 unspecified atom stereocenters. The highest BCUT2D eigenvalue weighted by molar-refractivity contribution is 14.1. The molecule has 17 heavy (non-hydrogen) atoms. The van der Waals surface area contributed by atoms with Crippen LogP contribution in [-0.2, 0) is 0 Å². The molecular formula is C12H16IN3O. The number of carbonyl (C=O) groups excluding carboxylic acids is 1. The van der Waals surface area contributed by atoms with Gasteiger partial charge < -0.3 is 16.0 Å². The van der Waals surface area contributed by atoms with Crippen molar-refractivity contribution in [1.29, 1.82) is 0 Å². The van der Waals surface area contributed by atoms with Crippen LogP contribution in [0.2, 0.25) is 0 Å². The third-order valence-corrected chi connectivity index (χ3v) is 3.56. The molecular weight excluding hydrogens is 329 g/mol. The lowest BCUT2D eigenvalue weighted by Crippen LogP contribution is -2.47. The Bertz CT molecular complexity index is 393. The lowest BCUT2D eigenvalue weighted by molar-refractivity contribution is 0.193. The molecule has 0 radical (unpaired) electrons. The highest BCUT2D eigenvalue weighted by Gasteiger charge is 2.20. The van der Waals surface area contributed by atoms with Crippen LogP contribution in [0.15, 0.2) is 24.3 Å². The maximum absolute atomic E-state index is 12.0. The summed E-state index contributed by atoms with van der Waals surface area (Å²) in [6.07, 6.45) is 1.99.